The van der Waals surface area contributed by atoms with Crippen LogP contribution >= 0.6 is 23.1 Å². The first-order valence-electron chi connectivity index (χ1n) is 11.6. The third kappa shape index (κ3) is 5.85. The van der Waals surface area contributed by atoms with Crippen LogP contribution in [0.2, 0.25) is 0 Å². The van der Waals surface area contributed by atoms with Crippen LogP contribution < -0.4 is 15.6 Å². The van der Waals surface area contributed by atoms with Gasteiger partial charge in [0.25, 0.3) is 11.8 Å². The highest BCUT2D eigenvalue weighted by molar-refractivity contribution is 7.99. The number of nitrogens with zero attached hydrogens (tertiary/aromatic N) is 4. The van der Waals surface area contributed by atoms with Gasteiger partial charge in [0.1, 0.15) is 29.9 Å². The van der Waals surface area contributed by atoms with Crippen molar-refractivity contribution in [3.05, 3.63) is 46.9 Å². The van der Waals surface area contributed by atoms with Crippen molar-refractivity contribution in [2.24, 2.45) is 12.2 Å². The number of fused-ring (bicyclic) bond motifs is 1. The topological polar surface area (TPSA) is 205 Å². The number of hydrogen-bond donors (Lipinski definition) is 4. The van der Waals surface area contributed by atoms with Gasteiger partial charge in [-0.05, 0) is 19.4 Å². The second kappa shape index (κ2) is 11.3. The molecule has 2 aromatic rings. The number of aromatic nitrogens is 2. The Morgan fingerprint density at radius 2 is 2.02 bits per heavy atom. The molecule has 3 atom stereocenters. The number of amides is 2. The van der Waals surface area contributed by atoms with Crippen LogP contribution in [0.3, 0.4) is 0 Å². The SMILES string of the molecule is C[n+]1ccc(SCC2=C(C(=O)O)N3C(=O)[C@@H](NC(=O)C(=NOC(C)(C)C(=O)O)c4csc(N)n4)[C@H]3[S@](=O)C2)cc1. The number of carbonyl (C=O) groups is 4. The molecule has 0 aliphatic carbocycles. The molecule has 0 spiro atoms. The zero-order valence-electron chi connectivity index (χ0n) is 21.4. The fourth-order valence-corrected chi connectivity index (χ4v) is 6.98. The summed E-state index contributed by atoms with van der Waals surface area (Å²) in [7, 11) is 0.128. The zero-order chi connectivity index (χ0) is 29.4. The fraction of sp³-hybridized carbons (Fsp3) is 0.348. The predicted molar refractivity (Wildman–Crippen MR) is 144 cm³/mol. The number of nitrogen functional groups attached to an aromatic ring is 1. The average molecular weight is 610 g/mol. The van der Waals surface area contributed by atoms with Gasteiger partial charge in [0.2, 0.25) is 5.60 Å². The van der Waals surface area contributed by atoms with Crippen LogP contribution in [0.1, 0.15) is 19.5 Å². The summed E-state index contributed by atoms with van der Waals surface area (Å²) in [5, 5.41) is 25.7. The van der Waals surface area contributed by atoms with E-state index in [0.717, 1.165) is 21.1 Å². The Morgan fingerprint density at radius 1 is 1.35 bits per heavy atom. The summed E-state index contributed by atoms with van der Waals surface area (Å²) in [6.45, 7) is 2.44. The van der Waals surface area contributed by atoms with Gasteiger partial charge in [0, 0.05) is 28.2 Å². The zero-order valence-corrected chi connectivity index (χ0v) is 23.8. The van der Waals surface area contributed by atoms with Crippen molar-refractivity contribution in [3.8, 4) is 0 Å². The lowest BCUT2D eigenvalue weighted by atomic mass is 10.0. The van der Waals surface area contributed by atoms with Crippen LogP contribution in [0.5, 0.6) is 0 Å². The molecule has 1 saturated heterocycles. The van der Waals surface area contributed by atoms with Gasteiger partial charge in [-0.3, -0.25) is 18.7 Å². The van der Waals surface area contributed by atoms with Gasteiger partial charge in [-0.1, -0.05) is 5.16 Å². The summed E-state index contributed by atoms with van der Waals surface area (Å²) >= 11 is 2.34. The Bertz CT molecular complexity index is 1470. The fourth-order valence-electron chi connectivity index (χ4n) is 3.73. The van der Waals surface area contributed by atoms with Gasteiger partial charge in [0.15, 0.2) is 23.2 Å². The number of pyridine rings is 1. The molecule has 2 aliphatic rings. The summed E-state index contributed by atoms with van der Waals surface area (Å²) in [5.41, 5.74) is 3.44. The first kappa shape index (κ1) is 29.2. The third-order valence-electron chi connectivity index (χ3n) is 5.91. The molecular formula is C23H25N6O8S3+. The van der Waals surface area contributed by atoms with Gasteiger partial charge < -0.3 is 26.1 Å². The number of hydrogen-bond acceptors (Lipinski definition) is 11. The van der Waals surface area contributed by atoms with E-state index in [1.165, 1.54) is 31.0 Å². The number of oxime groups is 1. The molecule has 14 nitrogen and oxygen atoms in total. The summed E-state index contributed by atoms with van der Waals surface area (Å²) < 4.78 is 15.0. The number of carboxylic acid groups (broad SMARTS) is 2. The molecule has 2 amide bonds. The molecule has 0 radical (unpaired) electrons. The lowest BCUT2D eigenvalue weighted by Gasteiger charge is -2.49. The highest BCUT2D eigenvalue weighted by atomic mass is 32.2. The molecule has 1 fully saturated rings. The first-order chi connectivity index (χ1) is 18.8. The number of anilines is 1. The quantitative estimate of drug-likeness (QED) is 0.0903. The number of carboxylic acids is 2. The normalized spacial score (nSPS) is 21.0. The first-order valence-corrected chi connectivity index (χ1v) is 14.8. The van der Waals surface area contributed by atoms with Crippen LogP contribution in [-0.4, -0.2) is 82.3 Å². The summed E-state index contributed by atoms with van der Waals surface area (Å²) in [5.74, 6) is -4.33. The van der Waals surface area contributed by atoms with E-state index in [2.05, 4.69) is 15.5 Å². The largest absolute Gasteiger partial charge is 0.478 e. The molecule has 212 valence electrons. The molecule has 4 rings (SSSR count). The van der Waals surface area contributed by atoms with Crippen molar-refractivity contribution >= 4 is 68.5 Å². The molecule has 2 aliphatic heterocycles. The smallest absolute Gasteiger partial charge is 0.352 e. The minimum atomic E-state index is -1.80. The number of rotatable bonds is 10. The average Bonchev–Trinajstić information content (AvgIpc) is 3.31. The number of thioether (sulfide) groups is 1. The van der Waals surface area contributed by atoms with Crippen molar-refractivity contribution < 1.29 is 43.0 Å². The van der Waals surface area contributed by atoms with E-state index in [1.54, 1.807) is 0 Å². The maximum Gasteiger partial charge on any atom is 0.352 e. The molecule has 0 bridgehead atoms. The molecule has 0 saturated carbocycles. The Balaban J connectivity index is 1.56. The second-order valence-electron chi connectivity index (χ2n) is 9.24. The highest BCUT2D eigenvalue weighted by Crippen LogP contribution is 2.36. The lowest BCUT2D eigenvalue weighted by Crippen LogP contribution is -2.74. The van der Waals surface area contributed by atoms with E-state index in [1.807, 2.05) is 36.1 Å². The van der Waals surface area contributed by atoms with E-state index < -0.39 is 57.3 Å². The Morgan fingerprint density at radius 3 is 2.60 bits per heavy atom. The Labute approximate surface area is 238 Å². The summed E-state index contributed by atoms with van der Waals surface area (Å²) in [6.07, 6.45) is 3.67. The van der Waals surface area contributed by atoms with Crippen molar-refractivity contribution in [2.45, 2.75) is 35.8 Å². The molecular weight excluding hydrogens is 584 g/mol. The number of aryl methyl sites for hydroxylation is 1. The van der Waals surface area contributed by atoms with Gasteiger partial charge in [0.05, 0.1) is 16.6 Å². The van der Waals surface area contributed by atoms with Gasteiger partial charge in [-0.25, -0.2) is 19.1 Å². The van der Waals surface area contributed by atoms with Crippen LogP contribution in [0.25, 0.3) is 0 Å². The Kier molecular flexibility index (Phi) is 8.27. The summed E-state index contributed by atoms with van der Waals surface area (Å²) in [6, 6.07) is 2.38. The lowest BCUT2D eigenvalue weighted by molar-refractivity contribution is -0.671. The van der Waals surface area contributed by atoms with E-state index in [0.29, 0.717) is 5.57 Å². The number of nitrogens with one attached hydrogen (secondary N) is 1. The van der Waals surface area contributed by atoms with Crippen molar-refractivity contribution in [1.29, 1.82) is 0 Å². The standard InChI is InChI=1S/C23H24N6O8S3/c1-23(2,21(34)35)37-27-14(13-9-39-22(24)25-13)17(30)26-15-18(31)29-16(20(32)33)11(10-40(36)19(15)29)8-38-12-4-6-28(3)7-5-12/h4-7,9,15,19H,8,10H2,1-3H3,(H4-,24,25,26,30,32,33,34,35)/p+1/t15-,19-,40-/m1/s1. The van der Waals surface area contributed by atoms with E-state index in [9.17, 15) is 33.6 Å². The van der Waals surface area contributed by atoms with Gasteiger partial charge in [-0.15, -0.1) is 23.1 Å². The Hall–Kier alpha value is -3.83. The van der Waals surface area contributed by atoms with Gasteiger partial charge in [-0.2, -0.15) is 0 Å². The van der Waals surface area contributed by atoms with Crippen LogP contribution in [-0.2, 0) is 41.9 Å². The van der Waals surface area contributed by atoms with Crippen LogP contribution in [0, 0.1) is 0 Å². The monoisotopic (exact) mass is 609 g/mol. The van der Waals surface area contributed by atoms with Crippen LogP contribution in [0.4, 0.5) is 5.13 Å². The van der Waals surface area contributed by atoms with Crippen molar-refractivity contribution in [3.63, 3.8) is 0 Å². The van der Waals surface area contributed by atoms with Crippen LogP contribution in [0.15, 0.2) is 51.2 Å². The maximum atomic E-state index is 13.2. The van der Waals surface area contributed by atoms with E-state index in [-0.39, 0.29) is 28.0 Å². The minimum absolute atomic E-state index is 0.0329. The second-order valence-corrected chi connectivity index (χ2v) is 12.7. The van der Waals surface area contributed by atoms with Crippen molar-refractivity contribution in [2.75, 3.05) is 17.2 Å². The number of β-lactam (4-membered cyclic amide) rings is 1. The van der Waals surface area contributed by atoms with Gasteiger partial charge >= 0.3 is 11.9 Å². The van der Waals surface area contributed by atoms with E-state index in [4.69, 9.17) is 10.6 Å². The molecule has 2 aromatic heterocycles. The van der Waals surface area contributed by atoms with Crippen molar-refractivity contribution in [1.82, 2.24) is 15.2 Å². The van der Waals surface area contributed by atoms with E-state index >= 15 is 0 Å². The minimum Gasteiger partial charge on any atom is -0.478 e. The molecule has 40 heavy (non-hydrogen) atoms. The maximum absolute atomic E-state index is 13.2. The highest BCUT2D eigenvalue weighted by Gasteiger charge is 2.57. The molecule has 17 heteroatoms. The third-order valence-corrected chi connectivity index (χ3v) is 9.34. The molecule has 0 unspecified atom stereocenters. The molecule has 4 heterocycles. The molecule has 5 N–H and O–H groups in total. The predicted octanol–water partition coefficient (Wildman–Crippen LogP) is -0.320. The number of nitrogens with two attached hydrogens (primary N) is 1. The number of aliphatic carboxylic acids is 2. The number of carbonyl (C=O) groups excluding carboxylic acids is 2. The molecule has 0 aromatic carbocycles. The summed E-state index contributed by atoms with van der Waals surface area (Å²) in [4.78, 5) is 60.7. The number of thiazole rings is 1.